The SMILES string of the molecule is CNC1CCN(C(=O)c2ccc(Cl)c3cccnc23)CC1. The number of fused-ring (bicyclic) bond motifs is 1. The average molecular weight is 304 g/mol. The number of hydrogen-bond acceptors (Lipinski definition) is 3. The highest BCUT2D eigenvalue weighted by atomic mass is 35.5. The van der Waals surface area contributed by atoms with Crippen LogP contribution < -0.4 is 5.32 Å². The third-order valence-corrected chi connectivity index (χ3v) is 4.47. The molecule has 1 fully saturated rings. The molecule has 3 rings (SSSR count). The molecule has 1 amide bonds. The van der Waals surface area contributed by atoms with E-state index in [4.69, 9.17) is 11.6 Å². The molecule has 2 heterocycles. The van der Waals surface area contributed by atoms with Crippen LogP contribution in [0.2, 0.25) is 5.02 Å². The highest BCUT2D eigenvalue weighted by molar-refractivity contribution is 6.36. The first-order chi connectivity index (χ1) is 10.2. The first-order valence-electron chi connectivity index (χ1n) is 7.20. The molecule has 0 radical (unpaired) electrons. The number of rotatable bonds is 2. The molecule has 2 aromatic rings. The number of halogens is 1. The van der Waals surface area contributed by atoms with Crippen LogP contribution in [0.4, 0.5) is 0 Å². The van der Waals surface area contributed by atoms with E-state index < -0.39 is 0 Å². The smallest absolute Gasteiger partial charge is 0.256 e. The molecule has 110 valence electrons. The lowest BCUT2D eigenvalue weighted by molar-refractivity contribution is 0.0709. The van der Waals surface area contributed by atoms with E-state index >= 15 is 0 Å². The van der Waals surface area contributed by atoms with Crippen molar-refractivity contribution >= 4 is 28.4 Å². The highest BCUT2D eigenvalue weighted by Gasteiger charge is 2.24. The zero-order valence-corrected chi connectivity index (χ0v) is 12.7. The summed E-state index contributed by atoms with van der Waals surface area (Å²) in [7, 11) is 1.97. The molecule has 0 unspecified atom stereocenters. The van der Waals surface area contributed by atoms with Gasteiger partial charge in [-0.05, 0) is 44.2 Å². The van der Waals surface area contributed by atoms with Gasteiger partial charge in [-0.25, -0.2) is 0 Å². The molecule has 1 aromatic heterocycles. The molecule has 1 aromatic carbocycles. The molecular weight excluding hydrogens is 286 g/mol. The maximum atomic E-state index is 12.7. The summed E-state index contributed by atoms with van der Waals surface area (Å²) in [6.45, 7) is 1.56. The fourth-order valence-electron chi connectivity index (χ4n) is 2.85. The summed E-state index contributed by atoms with van der Waals surface area (Å²) in [6.07, 6.45) is 3.67. The Hall–Kier alpha value is -1.65. The van der Waals surface area contributed by atoms with Crippen molar-refractivity contribution in [1.29, 1.82) is 0 Å². The van der Waals surface area contributed by atoms with Crippen LogP contribution in [-0.4, -0.2) is 42.0 Å². The van der Waals surface area contributed by atoms with Crippen molar-refractivity contribution in [3.05, 3.63) is 41.0 Å². The van der Waals surface area contributed by atoms with Gasteiger partial charge < -0.3 is 10.2 Å². The number of aromatic nitrogens is 1. The van der Waals surface area contributed by atoms with Crippen molar-refractivity contribution in [2.24, 2.45) is 0 Å². The summed E-state index contributed by atoms with van der Waals surface area (Å²) in [5, 5.41) is 4.73. The highest BCUT2D eigenvalue weighted by Crippen LogP contribution is 2.26. The normalized spacial score (nSPS) is 16.4. The molecule has 5 heteroatoms. The molecule has 1 saturated heterocycles. The monoisotopic (exact) mass is 303 g/mol. The average Bonchev–Trinajstić information content (AvgIpc) is 2.55. The molecule has 0 spiro atoms. The minimum absolute atomic E-state index is 0.0462. The Morgan fingerprint density at radius 2 is 2.10 bits per heavy atom. The van der Waals surface area contributed by atoms with Crippen LogP contribution >= 0.6 is 11.6 Å². The molecule has 0 aliphatic carbocycles. The van der Waals surface area contributed by atoms with Crippen LogP contribution in [-0.2, 0) is 0 Å². The zero-order chi connectivity index (χ0) is 14.8. The zero-order valence-electron chi connectivity index (χ0n) is 12.0. The summed E-state index contributed by atoms with van der Waals surface area (Å²) in [6, 6.07) is 7.80. The molecule has 21 heavy (non-hydrogen) atoms. The lowest BCUT2D eigenvalue weighted by Crippen LogP contribution is -2.44. The largest absolute Gasteiger partial charge is 0.338 e. The van der Waals surface area contributed by atoms with Gasteiger partial charge in [-0.2, -0.15) is 0 Å². The maximum absolute atomic E-state index is 12.7. The number of nitrogens with zero attached hydrogens (tertiary/aromatic N) is 2. The van der Waals surface area contributed by atoms with Gasteiger partial charge in [-0.3, -0.25) is 9.78 Å². The molecular formula is C16H18ClN3O. The Kier molecular flexibility index (Phi) is 4.08. The minimum atomic E-state index is 0.0462. The quantitative estimate of drug-likeness (QED) is 0.928. The Bertz CT molecular complexity index is 666. The van der Waals surface area contributed by atoms with Crippen LogP contribution in [0.3, 0.4) is 0 Å². The second-order valence-corrected chi connectivity index (χ2v) is 5.76. The second-order valence-electron chi connectivity index (χ2n) is 5.35. The number of benzene rings is 1. The second kappa shape index (κ2) is 6.00. The van der Waals surface area contributed by atoms with Gasteiger partial charge in [-0.15, -0.1) is 0 Å². The van der Waals surface area contributed by atoms with Crippen LogP contribution in [0.1, 0.15) is 23.2 Å². The van der Waals surface area contributed by atoms with E-state index in [1.807, 2.05) is 24.1 Å². The summed E-state index contributed by atoms with van der Waals surface area (Å²) >= 11 is 6.18. The van der Waals surface area contributed by atoms with E-state index in [0.29, 0.717) is 22.1 Å². The number of amides is 1. The summed E-state index contributed by atoms with van der Waals surface area (Å²) in [5.74, 6) is 0.0462. The number of piperidine rings is 1. The van der Waals surface area contributed by atoms with Crippen LogP contribution in [0, 0.1) is 0 Å². The number of hydrogen-bond donors (Lipinski definition) is 1. The minimum Gasteiger partial charge on any atom is -0.338 e. The molecule has 1 N–H and O–H groups in total. The molecule has 0 saturated carbocycles. The predicted octanol–water partition coefficient (Wildman–Crippen LogP) is 2.71. The number of nitrogens with one attached hydrogen (secondary N) is 1. The third kappa shape index (κ3) is 2.74. The van der Waals surface area contributed by atoms with Gasteiger partial charge in [-0.1, -0.05) is 11.6 Å². The summed E-state index contributed by atoms with van der Waals surface area (Å²) in [5.41, 5.74) is 1.32. The van der Waals surface area contributed by atoms with E-state index in [0.717, 1.165) is 31.3 Å². The van der Waals surface area contributed by atoms with Gasteiger partial charge in [0.15, 0.2) is 0 Å². The first-order valence-corrected chi connectivity index (χ1v) is 7.58. The van der Waals surface area contributed by atoms with Gasteiger partial charge >= 0.3 is 0 Å². The molecule has 1 aliphatic rings. The maximum Gasteiger partial charge on any atom is 0.256 e. The van der Waals surface area contributed by atoms with Gasteiger partial charge in [0.1, 0.15) is 0 Å². The lowest BCUT2D eigenvalue weighted by atomic mass is 10.0. The van der Waals surface area contributed by atoms with Gasteiger partial charge in [0.25, 0.3) is 5.91 Å². The Morgan fingerprint density at radius 3 is 2.81 bits per heavy atom. The van der Waals surface area contributed by atoms with E-state index in [2.05, 4.69) is 10.3 Å². The van der Waals surface area contributed by atoms with Crippen molar-refractivity contribution < 1.29 is 4.79 Å². The summed E-state index contributed by atoms with van der Waals surface area (Å²) < 4.78 is 0. The van der Waals surface area contributed by atoms with Crippen LogP contribution in [0.5, 0.6) is 0 Å². The van der Waals surface area contributed by atoms with Crippen LogP contribution in [0.15, 0.2) is 30.5 Å². The fraction of sp³-hybridized carbons (Fsp3) is 0.375. The lowest BCUT2D eigenvalue weighted by Gasteiger charge is -2.32. The number of carbonyl (C=O) groups excluding carboxylic acids is 1. The Morgan fingerprint density at radius 1 is 1.33 bits per heavy atom. The van der Waals surface area contributed by atoms with Gasteiger partial charge in [0.05, 0.1) is 16.1 Å². The van der Waals surface area contributed by atoms with E-state index in [-0.39, 0.29) is 5.91 Å². The fourth-order valence-corrected chi connectivity index (χ4v) is 3.07. The van der Waals surface area contributed by atoms with E-state index in [1.54, 1.807) is 18.3 Å². The van der Waals surface area contributed by atoms with E-state index in [1.165, 1.54) is 0 Å². The Labute approximate surface area is 129 Å². The van der Waals surface area contributed by atoms with Crippen molar-refractivity contribution in [2.75, 3.05) is 20.1 Å². The van der Waals surface area contributed by atoms with Gasteiger partial charge in [0, 0.05) is 30.7 Å². The number of pyridine rings is 1. The van der Waals surface area contributed by atoms with Gasteiger partial charge in [0.2, 0.25) is 0 Å². The standard InChI is InChI=1S/C16H18ClN3O/c1-18-11-6-9-20(10-7-11)16(21)13-4-5-14(17)12-3-2-8-19-15(12)13/h2-5,8,11,18H,6-7,9-10H2,1H3. The van der Waals surface area contributed by atoms with Crippen molar-refractivity contribution in [3.8, 4) is 0 Å². The molecule has 0 atom stereocenters. The number of carbonyl (C=O) groups is 1. The third-order valence-electron chi connectivity index (χ3n) is 4.14. The first kappa shape index (κ1) is 14.3. The van der Waals surface area contributed by atoms with Crippen LogP contribution in [0.25, 0.3) is 10.9 Å². The van der Waals surface area contributed by atoms with Crippen molar-refractivity contribution in [3.63, 3.8) is 0 Å². The summed E-state index contributed by atoms with van der Waals surface area (Å²) in [4.78, 5) is 19.0. The molecule has 0 bridgehead atoms. The molecule has 1 aliphatic heterocycles. The topological polar surface area (TPSA) is 45.2 Å². The van der Waals surface area contributed by atoms with E-state index in [9.17, 15) is 4.79 Å². The molecule has 4 nitrogen and oxygen atoms in total. The van der Waals surface area contributed by atoms with Crippen molar-refractivity contribution in [1.82, 2.24) is 15.2 Å². The van der Waals surface area contributed by atoms with Crippen molar-refractivity contribution in [2.45, 2.75) is 18.9 Å². The number of likely N-dealkylation sites (tertiary alicyclic amines) is 1. The Balaban J connectivity index is 1.90. The predicted molar refractivity (Wildman–Crippen MR) is 84.7 cm³/mol.